The molecule has 4 heteroatoms. The maximum Gasteiger partial charge on any atom is 0.324 e. The molecule has 1 aliphatic rings. The zero-order valence-electron chi connectivity index (χ0n) is 7.43. The van der Waals surface area contributed by atoms with Crippen molar-refractivity contribution >= 4 is 5.97 Å². The zero-order chi connectivity index (χ0) is 8.81. The van der Waals surface area contributed by atoms with Crippen LogP contribution < -0.4 is 10.6 Å². The molecule has 1 fully saturated rings. The fourth-order valence-electron chi connectivity index (χ4n) is 1.12. The second-order valence-corrected chi connectivity index (χ2v) is 2.88. The number of hydrogen-bond donors (Lipinski definition) is 2. The van der Waals surface area contributed by atoms with Gasteiger partial charge in [0.05, 0.1) is 6.61 Å². The quantitative estimate of drug-likeness (QED) is 0.564. The van der Waals surface area contributed by atoms with Crippen molar-refractivity contribution in [1.29, 1.82) is 0 Å². The van der Waals surface area contributed by atoms with Crippen molar-refractivity contribution in [2.45, 2.75) is 19.4 Å². The molecule has 0 aromatic carbocycles. The largest absolute Gasteiger partial charge is 0.465 e. The van der Waals surface area contributed by atoms with Gasteiger partial charge in [-0.05, 0) is 6.42 Å². The highest BCUT2D eigenvalue weighted by molar-refractivity contribution is 5.76. The molecule has 1 saturated heterocycles. The summed E-state index contributed by atoms with van der Waals surface area (Å²) < 4.78 is 4.99. The first kappa shape index (κ1) is 9.48. The zero-order valence-corrected chi connectivity index (χ0v) is 7.43. The SMILES string of the molecule is CCCOC(=O)C1CNCCN1. The van der Waals surface area contributed by atoms with Crippen molar-refractivity contribution < 1.29 is 9.53 Å². The van der Waals surface area contributed by atoms with Crippen LogP contribution in [0.4, 0.5) is 0 Å². The van der Waals surface area contributed by atoms with E-state index in [-0.39, 0.29) is 12.0 Å². The Labute approximate surface area is 72.7 Å². The van der Waals surface area contributed by atoms with Crippen LogP contribution in [0.1, 0.15) is 13.3 Å². The molecule has 0 saturated carbocycles. The molecule has 1 heterocycles. The van der Waals surface area contributed by atoms with Crippen molar-refractivity contribution in [3.05, 3.63) is 0 Å². The minimum absolute atomic E-state index is 0.135. The Hall–Kier alpha value is -0.610. The van der Waals surface area contributed by atoms with Gasteiger partial charge in [0.2, 0.25) is 0 Å². The molecule has 0 aliphatic carbocycles. The number of piperazine rings is 1. The van der Waals surface area contributed by atoms with Gasteiger partial charge in [-0.25, -0.2) is 0 Å². The Kier molecular flexibility index (Phi) is 4.04. The van der Waals surface area contributed by atoms with E-state index in [0.29, 0.717) is 13.2 Å². The summed E-state index contributed by atoms with van der Waals surface area (Å²) in [6.45, 7) is 4.96. The van der Waals surface area contributed by atoms with Crippen LogP contribution in [0.2, 0.25) is 0 Å². The topological polar surface area (TPSA) is 50.4 Å². The molecule has 0 bridgehead atoms. The van der Waals surface area contributed by atoms with Gasteiger partial charge in [-0.15, -0.1) is 0 Å². The Morgan fingerprint density at radius 1 is 1.58 bits per heavy atom. The smallest absolute Gasteiger partial charge is 0.324 e. The first-order valence-electron chi connectivity index (χ1n) is 4.45. The predicted molar refractivity (Wildman–Crippen MR) is 45.9 cm³/mol. The Balaban J connectivity index is 2.20. The van der Waals surface area contributed by atoms with Crippen molar-refractivity contribution in [2.75, 3.05) is 26.2 Å². The molecule has 1 atom stereocenters. The minimum Gasteiger partial charge on any atom is -0.465 e. The maximum atomic E-state index is 11.2. The van der Waals surface area contributed by atoms with Gasteiger partial charge >= 0.3 is 5.97 Å². The number of carbonyl (C=O) groups is 1. The molecule has 70 valence electrons. The fourth-order valence-corrected chi connectivity index (χ4v) is 1.12. The lowest BCUT2D eigenvalue weighted by molar-refractivity contribution is -0.146. The van der Waals surface area contributed by atoms with E-state index in [2.05, 4.69) is 10.6 Å². The van der Waals surface area contributed by atoms with Crippen LogP contribution in [0.15, 0.2) is 0 Å². The fraction of sp³-hybridized carbons (Fsp3) is 0.875. The number of rotatable bonds is 3. The van der Waals surface area contributed by atoms with Gasteiger partial charge in [0.15, 0.2) is 0 Å². The molecular weight excluding hydrogens is 156 g/mol. The van der Waals surface area contributed by atoms with E-state index in [1.54, 1.807) is 0 Å². The van der Waals surface area contributed by atoms with Gasteiger partial charge in [-0.3, -0.25) is 4.79 Å². The highest BCUT2D eigenvalue weighted by Crippen LogP contribution is 1.92. The number of ether oxygens (including phenoxy) is 1. The van der Waals surface area contributed by atoms with E-state index >= 15 is 0 Å². The summed E-state index contributed by atoms with van der Waals surface area (Å²) in [5.74, 6) is -0.135. The number of hydrogen-bond acceptors (Lipinski definition) is 4. The minimum atomic E-state index is -0.148. The third-order valence-electron chi connectivity index (χ3n) is 1.77. The summed E-state index contributed by atoms with van der Waals surface area (Å²) in [6.07, 6.45) is 0.881. The van der Waals surface area contributed by atoms with Crippen LogP contribution in [-0.2, 0) is 9.53 Å². The van der Waals surface area contributed by atoms with Crippen LogP contribution in [0, 0.1) is 0 Å². The van der Waals surface area contributed by atoms with Crippen LogP contribution in [0.25, 0.3) is 0 Å². The summed E-state index contributed by atoms with van der Waals surface area (Å²) >= 11 is 0. The lowest BCUT2D eigenvalue weighted by Crippen LogP contribution is -2.52. The highest BCUT2D eigenvalue weighted by Gasteiger charge is 2.20. The number of esters is 1. The molecule has 1 aliphatic heterocycles. The van der Waals surface area contributed by atoms with Crippen LogP contribution >= 0.6 is 0 Å². The molecular formula is C8H16N2O2. The monoisotopic (exact) mass is 172 g/mol. The predicted octanol–water partition coefficient (Wildman–Crippen LogP) is -0.499. The summed E-state index contributed by atoms with van der Waals surface area (Å²) in [7, 11) is 0. The van der Waals surface area contributed by atoms with Gasteiger partial charge in [-0.2, -0.15) is 0 Å². The highest BCUT2D eigenvalue weighted by atomic mass is 16.5. The van der Waals surface area contributed by atoms with Crippen molar-refractivity contribution in [1.82, 2.24) is 10.6 Å². The van der Waals surface area contributed by atoms with E-state index < -0.39 is 0 Å². The molecule has 4 nitrogen and oxygen atoms in total. The normalized spacial score (nSPS) is 23.6. The van der Waals surface area contributed by atoms with Gasteiger partial charge in [-0.1, -0.05) is 6.92 Å². The van der Waals surface area contributed by atoms with Crippen molar-refractivity contribution in [3.8, 4) is 0 Å². The molecule has 0 aromatic heterocycles. The van der Waals surface area contributed by atoms with Crippen LogP contribution in [-0.4, -0.2) is 38.3 Å². The molecule has 1 unspecified atom stereocenters. The average Bonchev–Trinajstić information content (AvgIpc) is 2.15. The molecule has 0 spiro atoms. The summed E-state index contributed by atoms with van der Waals surface area (Å²) in [4.78, 5) is 11.2. The summed E-state index contributed by atoms with van der Waals surface area (Å²) in [5.41, 5.74) is 0. The van der Waals surface area contributed by atoms with Crippen LogP contribution in [0.3, 0.4) is 0 Å². The van der Waals surface area contributed by atoms with Crippen molar-refractivity contribution in [3.63, 3.8) is 0 Å². The van der Waals surface area contributed by atoms with Crippen LogP contribution in [0.5, 0.6) is 0 Å². The maximum absolute atomic E-state index is 11.2. The van der Waals surface area contributed by atoms with E-state index in [1.807, 2.05) is 6.92 Å². The van der Waals surface area contributed by atoms with E-state index in [1.165, 1.54) is 0 Å². The number of carbonyl (C=O) groups excluding carboxylic acids is 1. The molecule has 2 N–H and O–H groups in total. The molecule has 0 amide bonds. The summed E-state index contributed by atoms with van der Waals surface area (Å²) in [5, 5.41) is 6.22. The van der Waals surface area contributed by atoms with Gasteiger partial charge in [0.1, 0.15) is 6.04 Å². The third kappa shape index (κ3) is 2.79. The molecule has 1 rings (SSSR count). The lowest BCUT2D eigenvalue weighted by atomic mass is 10.2. The third-order valence-corrected chi connectivity index (χ3v) is 1.77. The van der Waals surface area contributed by atoms with E-state index in [4.69, 9.17) is 4.74 Å². The van der Waals surface area contributed by atoms with E-state index in [0.717, 1.165) is 19.5 Å². The molecule has 12 heavy (non-hydrogen) atoms. The molecule has 0 aromatic rings. The van der Waals surface area contributed by atoms with Gasteiger partial charge < -0.3 is 15.4 Å². The Morgan fingerprint density at radius 2 is 2.42 bits per heavy atom. The summed E-state index contributed by atoms with van der Waals surface area (Å²) in [6, 6.07) is -0.148. The van der Waals surface area contributed by atoms with Gasteiger partial charge in [0.25, 0.3) is 0 Å². The Morgan fingerprint density at radius 3 is 3.00 bits per heavy atom. The first-order valence-corrected chi connectivity index (χ1v) is 4.45. The standard InChI is InChI=1S/C8H16N2O2/c1-2-5-12-8(11)7-6-9-3-4-10-7/h7,9-10H,2-6H2,1H3. The van der Waals surface area contributed by atoms with Crippen molar-refractivity contribution in [2.24, 2.45) is 0 Å². The lowest BCUT2D eigenvalue weighted by Gasteiger charge is -2.22. The van der Waals surface area contributed by atoms with E-state index in [9.17, 15) is 4.79 Å². The second kappa shape index (κ2) is 5.11. The second-order valence-electron chi connectivity index (χ2n) is 2.88. The average molecular weight is 172 g/mol. The Bertz CT molecular complexity index is 144. The number of nitrogens with one attached hydrogen (secondary N) is 2. The molecule has 0 radical (unpaired) electrons. The first-order chi connectivity index (χ1) is 5.84. The van der Waals surface area contributed by atoms with Gasteiger partial charge in [0, 0.05) is 19.6 Å².